The fraction of sp³-hybridized carbons (Fsp3) is 0.188. The van der Waals surface area contributed by atoms with Gasteiger partial charge in [-0.1, -0.05) is 24.3 Å². The molecule has 218 valence electrons. The molecular weight excluding hydrogens is 554 g/mol. The number of amides is 1. The molecular formula is C32H27N3O8. The molecule has 0 aliphatic carbocycles. The third-order valence-corrected chi connectivity index (χ3v) is 7.16. The van der Waals surface area contributed by atoms with E-state index in [1.807, 2.05) is 55.4 Å². The van der Waals surface area contributed by atoms with Gasteiger partial charge in [0.2, 0.25) is 0 Å². The normalized spacial score (nSPS) is 12.5. The summed E-state index contributed by atoms with van der Waals surface area (Å²) in [4.78, 5) is 40.4. The second kappa shape index (κ2) is 11.5. The van der Waals surface area contributed by atoms with E-state index in [0.717, 1.165) is 22.9 Å². The van der Waals surface area contributed by atoms with Gasteiger partial charge in [0, 0.05) is 42.1 Å². The van der Waals surface area contributed by atoms with E-state index in [4.69, 9.17) is 18.6 Å². The molecule has 0 atom stereocenters. The van der Waals surface area contributed by atoms with Gasteiger partial charge in [-0.3, -0.25) is 14.9 Å². The molecule has 1 aliphatic heterocycles. The van der Waals surface area contributed by atoms with E-state index >= 15 is 0 Å². The minimum Gasteiger partial charge on any atom is -0.492 e. The van der Waals surface area contributed by atoms with Gasteiger partial charge in [0.05, 0.1) is 10.6 Å². The SMILES string of the molecule is CN(C)CCOc1ccc2oc(C(=O)N3CCc4c3cc(OC(=O)Oc3ccc([N+](=O)[O-])cc3)c3ccccc43)cc2c1. The highest BCUT2D eigenvalue weighted by atomic mass is 16.7. The Balaban J connectivity index is 1.25. The number of furan rings is 1. The molecule has 0 saturated heterocycles. The molecule has 1 aromatic heterocycles. The molecule has 0 fully saturated rings. The van der Waals surface area contributed by atoms with Crippen molar-refractivity contribution in [2.75, 3.05) is 38.7 Å². The number of hydrogen-bond donors (Lipinski definition) is 0. The zero-order valence-electron chi connectivity index (χ0n) is 23.4. The summed E-state index contributed by atoms with van der Waals surface area (Å²) in [5, 5.41) is 13.2. The molecule has 2 heterocycles. The van der Waals surface area contributed by atoms with Crippen molar-refractivity contribution in [3.63, 3.8) is 0 Å². The van der Waals surface area contributed by atoms with Crippen molar-refractivity contribution in [3.05, 3.63) is 100 Å². The number of nitro benzene ring substituents is 1. The zero-order chi connectivity index (χ0) is 30.1. The third kappa shape index (κ3) is 5.70. The molecule has 43 heavy (non-hydrogen) atoms. The first-order valence-electron chi connectivity index (χ1n) is 13.6. The van der Waals surface area contributed by atoms with Gasteiger partial charge >= 0.3 is 6.16 Å². The summed E-state index contributed by atoms with van der Waals surface area (Å²) >= 11 is 0. The van der Waals surface area contributed by atoms with E-state index in [1.165, 1.54) is 24.3 Å². The van der Waals surface area contributed by atoms with Crippen LogP contribution in [0.5, 0.6) is 17.2 Å². The molecule has 6 rings (SSSR count). The second-order valence-corrected chi connectivity index (χ2v) is 10.3. The van der Waals surface area contributed by atoms with Crippen molar-refractivity contribution in [3.8, 4) is 17.2 Å². The van der Waals surface area contributed by atoms with Crippen molar-refractivity contribution >= 4 is 45.2 Å². The maximum atomic E-state index is 13.7. The molecule has 0 unspecified atom stereocenters. The van der Waals surface area contributed by atoms with Crippen LogP contribution in [0, 0.1) is 10.1 Å². The van der Waals surface area contributed by atoms with E-state index in [-0.39, 0.29) is 28.9 Å². The highest BCUT2D eigenvalue weighted by Gasteiger charge is 2.31. The smallest absolute Gasteiger partial charge is 0.492 e. The summed E-state index contributed by atoms with van der Waals surface area (Å²) in [6.45, 7) is 1.73. The van der Waals surface area contributed by atoms with Gasteiger partial charge in [-0.25, -0.2) is 4.79 Å². The van der Waals surface area contributed by atoms with E-state index in [9.17, 15) is 19.7 Å². The predicted molar refractivity (Wildman–Crippen MR) is 159 cm³/mol. The van der Waals surface area contributed by atoms with E-state index < -0.39 is 11.1 Å². The number of anilines is 1. The Kier molecular flexibility index (Phi) is 7.39. The van der Waals surface area contributed by atoms with Gasteiger partial charge in [0.1, 0.15) is 29.4 Å². The van der Waals surface area contributed by atoms with Gasteiger partial charge < -0.3 is 28.4 Å². The average molecular weight is 582 g/mol. The fourth-order valence-corrected chi connectivity index (χ4v) is 5.07. The number of non-ortho nitro benzene ring substituents is 1. The lowest BCUT2D eigenvalue weighted by molar-refractivity contribution is -0.384. The van der Waals surface area contributed by atoms with Crippen LogP contribution < -0.4 is 19.1 Å². The Labute approximate surface area is 245 Å². The molecule has 0 N–H and O–H groups in total. The number of carbonyl (C=O) groups excluding carboxylic acids is 2. The molecule has 1 aliphatic rings. The van der Waals surface area contributed by atoms with Crippen LogP contribution in [0.3, 0.4) is 0 Å². The summed E-state index contributed by atoms with van der Waals surface area (Å²) in [7, 11) is 3.95. The second-order valence-electron chi connectivity index (χ2n) is 10.3. The van der Waals surface area contributed by atoms with Crippen LogP contribution in [-0.2, 0) is 6.42 Å². The quantitative estimate of drug-likeness (QED) is 0.0909. The molecule has 1 amide bonds. The molecule has 0 saturated carbocycles. The summed E-state index contributed by atoms with van der Waals surface area (Å²) in [5.74, 6) is 0.856. The summed E-state index contributed by atoms with van der Waals surface area (Å²) in [6.07, 6.45) is -0.408. The third-order valence-electron chi connectivity index (χ3n) is 7.16. The predicted octanol–water partition coefficient (Wildman–Crippen LogP) is 6.22. The van der Waals surface area contributed by atoms with Crippen LogP contribution in [0.4, 0.5) is 16.2 Å². The van der Waals surface area contributed by atoms with Crippen molar-refractivity contribution in [1.82, 2.24) is 4.90 Å². The van der Waals surface area contributed by atoms with Crippen molar-refractivity contribution < 1.29 is 33.1 Å². The van der Waals surface area contributed by atoms with Crippen LogP contribution in [-0.4, -0.2) is 55.7 Å². The number of likely N-dealkylation sites (N-methyl/N-ethyl adjacent to an activating group) is 1. The van der Waals surface area contributed by atoms with Crippen LogP contribution in [0.25, 0.3) is 21.7 Å². The van der Waals surface area contributed by atoms with Crippen LogP contribution in [0.15, 0.2) is 83.3 Å². The monoisotopic (exact) mass is 581 g/mol. The first-order valence-corrected chi connectivity index (χ1v) is 13.6. The van der Waals surface area contributed by atoms with Gasteiger partial charge in [0.15, 0.2) is 5.76 Å². The van der Waals surface area contributed by atoms with E-state index in [2.05, 4.69) is 0 Å². The van der Waals surface area contributed by atoms with Gasteiger partial charge in [0.25, 0.3) is 11.6 Å². The first kappa shape index (κ1) is 27.7. The van der Waals surface area contributed by atoms with Crippen LogP contribution >= 0.6 is 0 Å². The van der Waals surface area contributed by atoms with Crippen molar-refractivity contribution in [2.45, 2.75) is 6.42 Å². The first-order chi connectivity index (χ1) is 20.8. The molecule has 0 radical (unpaired) electrons. The van der Waals surface area contributed by atoms with Crippen molar-refractivity contribution in [2.24, 2.45) is 0 Å². The zero-order valence-corrected chi connectivity index (χ0v) is 23.4. The molecule has 4 aromatic carbocycles. The largest absolute Gasteiger partial charge is 0.519 e. The lowest BCUT2D eigenvalue weighted by Crippen LogP contribution is -2.28. The summed E-state index contributed by atoms with van der Waals surface area (Å²) < 4.78 is 22.6. The maximum absolute atomic E-state index is 13.7. The van der Waals surface area contributed by atoms with Gasteiger partial charge in [-0.05, 0) is 67.9 Å². The number of ether oxygens (including phenoxy) is 3. The lowest BCUT2D eigenvalue weighted by Gasteiger charge is -2.18. The van der Waals surface area contributed by atoms with E-state index in [1.54, 1.807) is 23.1 Å². The highest BCUT2D eigenvalue weighted by Crippen LogP contribution is 2.41. The maximum Gasteiger partial charge on any atom is 0.519 e. The Hall–Kier alpha value is -5.42. The van der Waals surface area contributed by atoms with Crippen LogP contribution in [0.2, 0.25) is 0 Å². The minimum absolute atomic E-state index is 0.0917. The van der Waals surface area contributed by atoms with Crippen molar-refractivity contribution in [1.29, 1.82) is 0 Å². The lowest BCUT2D eigenvalue weighted by atomic mass is 10.0. The molecule has 0 bridgehead atoms. The highest BCUT2D eigenvalue weighted by molar-refractivity contribution is 6.10. The molecule has 11 heteroatoms. The van der Waals surface area contributed by atoms with Gasteiger partial charge in [-0.15, -0.1) is 0 Å². The standard InChI is InChI=1S/C32H27N3O8/c1-33(2)15-16-40-23-11-12-28-20(17-23)18-30(42-28)31(36)34-14-13-25-24-5-3-4-6-26(24)29(19-27(25)34)43-32(37)41-22-9-7-21(8-10-22)35(38)39/h3-12,17-19H,13-16H2,1-2H3. The Morgan fingerprint density at radius 1 is 0.953 bits per heavy atom. The molecule has 5 aromatic rings. The number of fused-ring (bicyclic) bond motifs is 4. The number of nitrogens with zero attached hydrogens (tertiary/aromatic N) is 3. The van der Waals surface area contributed by atoms with Gasteiger partial charge in [-0.2, -0.15) is 0 Å². The Bertz CT molecular complexity index is 1860. The van der Waals surface area contributed by atoms with E-state index in [0.29, 0.717) is 42.0 Å². The average Bonchev–Trinajstić information content (AvgIpc) is 3.61. The minimum atomic E-state index is -1.02. The Morgan fingerprint density at radius 2 is 1.70 bits per heavy atom. The number of rotatable bonds is 8. The summed E-state index contributed by atoms with van der Waals surface area (Å²) in [6, 6.07) is 21.3. The topological polar surface area (TPSA) is 125 Å². The fourth-order valence-electron chi connectivity index (χ4n) is 5.07. The Morgan fingerprint density at radius 3 is 2.44 bits per heavy atom. The summed E-state index contributed by atoms with van der Waals surface area (Å²) in [5.41, 5.74) is 2.00. The number of nitro groups is 1. The number of benzene rings is 4. The number of carbonyl (C=O) groups is 2. The number of hydrogen-bond acceptors (Lipinski definition) is 9. The van der Waals surface area contributed by atoms with Crippen LogP contribution in [0.1, 0.15) is 16.1 Å². The molecule has 0 spiro atoms. The molecule has 11 nitrogen and oxygen atoms in total.